The molecule has 0 aliphatic carbocycles. The SMILES string of the molecule is COc1cc(/C=C(\C#N)C(=O)Nc2cccc(C)c2)cc(Br)c1OCC(=O)Nc1cc(C)ccc1C. The van der Waals surface area contributed by atoms with Gasteiger partial charge >= 0.3 is 0 Å². The fourth-order valence-corrected chi connectivity index (χ4v) is 3.97. The number of aryl methyl sites for hydroxylation is 3. The minimum atomic E-state index is -0.526. The predicted molar refractivity (Wildman–Crippen MR) is 144 cm³/mol. The topological polar surface area (TPSA) is 100 Å². The van der Waals surface area contributed by atoms with Gasteiger partial charge in [-0.15, -0.1) is 0 Å². The molecule has 3 rings (SSSR count). The quantitative estimate of drug-likeness (QED) is 0.268. The monoisotopic (exact) mass is 547 g/mol. The molecule has 7 nitrogen and oxygen atoms in total. The Bertz CT molecular complexity index is 1380. The zero-order valence-corrected chi connectivity index (χ0v) is 22.0. The van der Waals surface area contributed by atoms with Crippen LogP contribution >= 0.6 is 15.9 Å². The van der Waals surface area contributed by atoms with Crippen molar-refractivity contribution in [1.29, 1.82) is 5.26 Å². The molecule has 2 N–H and O–H groups in total. The number of methoxy groups -OCH3 is 1. The van der Waals surface area contributed by atoms with Crippen LogP contribution in [0.15, 0.2) is 64.6 Å². The van der Waals surface area contributed by atoms with Crippen molar-refractivity contribution in [2.24, 2.45) is 0 Å². The van der Waals surface area contributed by atoms with Crippen LogP contribution in [0.25, 0.3) is 6.08 Å². The molecule has 8 heteroatoms. The van der Waals surface area contributed by atoms with E-state index >= 15 is 0 Å². The molecule has 0 spiro atoms. The Kier molecular flexibility index (Phi) is 8.87. The molecular weight excluding hydrogens is 522 g/mol. The first-order valence-electron chi connectivity index (χ1n) is 11.1. The van der Waals surface area contributed by atoms with Gasteiger partial charge in [-0.05, 0) is 95.4 Å². The lowest BCUT2D eigenvalue weighted by Gasteiger charge is -2.14. The summed E-state index contributed by atoms with van der Waals surface area (Å²) in [4.78, 5) is 25.1. The van der Waals surface area contributed by atoms with Crippen LogP contribution < -0.4 is 20.1 Å². The summed E-state index contributed by atoms with van der Waals surface area (Å²) >= 11 is 3.44. The molecule has 0 aromatic heterocycles. The van der Waals surface area contributed by atoms with Crippen LogP contribution in [0.1, 0.15) is 22.3 Å². The molecule has 0 fully saturated rings. The number of nitrogens with zero attached hydrogens (tertiary/aromatic N) is 1. The number of anilines is 2. The van der Waals surface area contributed by atoms with Crippen molar-refractivity contribution in [2.45, 2.75) is 20.8 Å². The molecule has 0 unspecified atom stereocenters. The number of amides is 2. The molecule has 3 aromatic rings. The third kappa shape index (κ3) is 6.96. The summed E-state index contributed by atoms with van der Waals surface area (Å²) in [7, 11) is 1.47. The van der Waals surface area contributed by atoms with Gasteiger partial charge in [0.15, 0.2) is 18.1 Å². The summed E-state index contributed by atoms with van der Waals surface area (Å²) in [5.74, 6) is -0.178. The van der Waals surface area contributed by atoms with E-state index in [1.807, 2.05) is 63.2 Å². The highest BCUT2D eigenvalue weighted by molar-refractivity contribution is 9.10. The lowest BCUT2D eigenvalue weighted by atomic mass is 10.1. The molecule has 0 heterocycles. The molecule has 3 aromatic carbocycles. The van der Waals surface area contributed by atoms with Gasteiger partial charge in [0.2, 0.25) is 0 Å². The van der Waals surface area contributed by atoms with Gasteiger partial charge in [-0.2, -0.15) is 5.26 Å². The average Bonchev–Trinajstić information content (AvgIpc) is 2.83. The maximum absolute atomic E-state index is 12.6. The van der Waals surface area contributed by atoms with E-state index in [0.29, 0.717) is 27.2 Å². The second kappa shape index (κ2) is 12.0. The van der Waals surface area contributed by atoms with E-state index in [9.17, 15) is 14.9 Å². The Morgan fingerprint density at radius 1 is 1.03 bits per heavy atom. The number of nitrogens with one attached hydrogen (secondary N) is 2. The first-order chi connectivity index (χ1) is 17.2. The highest BCUT2D eigenvalue weighted by Crippen LogP contribution is 2.37. The Morgan fingerprint density at radius 2 is 1.78 bits per heavy atom. The molecule has 0 radical (unpaired) electrons. The van der Waals surface area contributed by atoms with Crippen molar-refractivity contribution >= 4 is 45.2 Å². The molecule has 0 aliphatic rings. The lowest BCUT2D eigenvalue weighted by molar-refractivity contribution is -0.118. The van der Waals surface area contributed by atoms with Crippen molar-refractivity contribution in [3.05, 3.63) is 86.9 Å². The molecule has 36 heavy (non-hydrogen) atoms. The van der Waals surface area contributed by atoms with E-state index in [0.717, 1.165) is 22.4 Å². The fourth-order valence-electron chi connectivity index (χ4n) is 3.39. The minimum absolute atomic E-state index is 0.0768. The zero-order chi connectivity index (χ0) is 26.2. The largest absolute Gasteiger partial charge is 0.493 e. The van der Waals surface area contributed by atoms with Crippen LogP contribution in [-0.2, 0) is 9.59 Å². The summed E-state index contributed by atoms with van der Waals surface area (Å²) in [6, 6.07) is 18.4. The lowest BCUT2D eigenvalue weighted by Crippen LogP contribution is -2.21. The molecule has 0 bridgehead atoms. The maximum Gasteiger partial charge on any atom is 0.266 e. The third-order valence-electron chi connectivity index (χ3n) is 5.22. The number of carbonyl (C=O) groups is 2. The van der Waals surface area contributed by atoms with Crippen LogP contribution in [0.3, 0.4) is 0 Å². The smallest absolute Gasteiger partial charge is 0.266 e. The normalized spacial score (nSPS) is 10.8. The summed E-state index contributed by atoms with van der Waals surface area (Å²) in [6.45, 7) is 5.54. The Balaban J connectivity index is 1.75. The third-order valence-corrected chi connectivity index (χ3v) is 5.81. The highest BCUT2D eigenvalue weighted by atomic mass is 79.9. The van der Waals surface area contributed by atoms with Crippen molar-refractivity contribution in [3.63, 3.8) is 0 Å². The van der Waals surface area contributed by atoms with Crippen molar-refractivity contribution in [1.82, 2.24) is 0 Å². The van der Waals surface area contributed by atoms with Gasteiger partial charge < -0.3 is 20.1 Å². The first kappa shape index (κ1) is 26.5. The molecular formula is C28H26BrN3O4. The number of hydrogen-bond donors (Lipinski definition) is 2. The maximum atomic E-state index is 12.6. The molecule has 2 amide bonds. The van der Waals surface area contributed by atoms with E-state index in [4.69, 9.17) is 9.47 Å². The highest BCUT2D eigenvalue weighted by Gasteiger charge is 2.16. The average molecular weight is 548 g/mol. The van der Waals surface area contributed by atoms with Crippen LogP contribution in [-0.4, -0.2) is 25.5 Å². The van der Waals surface area contributed by atoms with Gasteiger partial charge in [0, 0.05) is 11.4 Å². The Hall–Kier alpha value is -4.09. The number of carbonyl (C=O) groups excluding carboxylic acids is 2. The van der Waals surface area contributed by atoms with Gasteiger partial charge in [-0.1, -0.05) is 24.3 Å². The molecule has 0 saturated carbocycles. The zero-order valence-electron chi connectivity index (χ0n) is 20.4. The molecule has 0 saturated heterocycles. The number of benzene rings is 3. The number of halogens is 1. The molecule has 0 atom stereocenters. The van der Waals surface area contributed by atoms with Gasteiger partial charge in [0.05, 0.1) is 11.6 Å². The van der Waals surface area contributed by atoms with Crippen LogP contribution in [0, 0.1) is 32.1 Å². The van der Waals surface area contributed by atoms with Gasteiger partial charge in [0.1, 0.15) is 11.6 Å². The second-order valence-corrected chi connectivity index (χ2v) is 9.04. The van der Waals surface area contributed by atoms with E-state index in [1.165, 1.54) is 13.2 Å². The van der Waals surface area contributed by atoms with E-state index < -0.39 is 5.91 Å². The predicted octanol–water partition coefficient (Wildman–Crippen LogP) is 5.95. The minimum Gasteiger partial charge on any atom is -0.493 e. The Morgan fingerprint density at radius 3 is 2.47 bits per heavy atom. The standard InChI is InChI=1S/C28H26BrN3O4/c1-17-6-5-7-22(10-17)31-28(34)21(15-30)12-20-13-23(29)27(25(14-20)35-4)36-16-26(33)32-24-11-18(2)8-9-19(24)3/h5-14H,16H2,1-4H3,(H,31,34)(H,32,33)/b21-12+. The van der Waals surface area contributed by atoms with Crippen LogP contribution in [0.4, 0.5) is 11.4 Å². The van der Waals surface area contributed by atoms with Gasteiger partial charge in [-0.25, -0.2) is 0 Å². The van der Waals surface area contributed by atoms with Crippen molar-refractivity contribution in [3.8, 4) is 17.6 Å². The fraction of sp³-hybridized carbons (Fsp3) is 0.179. The summed E-state index contributed by atoms with van der Waals surface area (Å²) in [5.41, 5.74) is 4.76. The summed E-state index contributed by atoms with van der Waals surface area (Å²) in [6.07, 6.45) is 1.45. The second-order valence-electron chi connectivity index (χ2n) is 8.18. The number of rotatable bonds is 8. The first-order valence-corrected chi connectivity index (χ1v) is 11.9. The van der Waals surface area contributed by atoms with E-state index in [-0.39, 0.29) is 18.1 Å². The molecule has 184 valence electrons. The summed E-state index contributed by atoms with van der Waals surface area (Å²) in [5, 5.41) is 15.1. The Labute approximate surface area is 218 Å². The van der Waals surface area contributed by atoms with Gasteiger partial charge in [-0.3, -0.25) is 9.59 Å². The van der Waals surface area contributed by atoms with E-state index in [1.54, 1.807) is 18.2 Å². The van der Waals surface area contributed by atoms with Crippen LogP contribution in [0.5, 0.6) is 11.5 Å². The number of ether oxygens (including phenoxy) is 2. The van der Waals surface area contributed by atoms with Crippen molar-refractivity contribution < 1.29 is 19.1 Å². The van der Waals surface area contributed by atoms with Gasteiger partial charge in [0.25, 0.3) is 11.8 Å². The van der Waals surface area contributed by atoms with E-state index in [2.05, 4.69) is 26.6 Å². The number of nitriles is 1. The molecule has 0 aliphatic heterocycles. The van der Waals surface area contributed by atoms with Crippen molar-refractivity contribution in [2.75, 3.05) is 24.4 Å². The number of hydrogen-bond acceptors (Lipinski definition) is 5. The van der Waals surface area contributed by atoms with Crippen LogP contribution in [0.2, 0.25) is 0 Å². The summed E-state index contributed by atoms with van der Waals surface area (Å²) < 4.78 is 11.7.